The first-order valence-corrected chi connectivity index (χ1v) is 11.2. The van der Waals surface area contributed by atoms with Crippen LogP contribution in [0.3, 0.4) is 0 Å². The number of nitrogens with zero attached hydrogens (tertiary/aromatic N) is 1. The number of imidazole rings is 1. The lowest BCUT2D eigenvalue weighted by atomic mass is 10.2. The van der Waals surface area contributed by atoms with Gasteiger partial charge >= 0.3 is 0 Å². The molecule has 4 aromatic rings. The molecule has 0 bridgehead atoms. The summed E-state index contributed by atoms with van der Waals surface area (Å²) in [5.41, 5.74) is 3.77. The molecule has 0 unspecified atom stereocenters. The maximum absolute atomic E-state index is 6.24. The summed E-state index contributed by atoms with van der Waals surface area (Å²) in [6.07, 6.45) is 0. The van der Waals surface area contributed by atoms with Crippen molar-refractivity contribution >= 4 is 50.2 Å². The largest absolute Gasteiger partial charge is 0.493 e. The van der Waals surface area contributed by atoms with Gasteiger partial charge in [-0.3, -0.25) is 0 Å². The van der Waals surface area contributed by atoms with Crippen LogP contribution in [0.1, 0.15) is 17.0 Å². The van der Waals surface area contributed by atoms with Crippen LogP contribution >= 0.6 is 39.1 Å². The Morgan fingerprint density at radius 1 is 1.03 bits per heavy atom. The summed E-state index contributed by atoms with van der Waals surface area (Å²) in [6, 6.07) is 17.3. The van der Waals surface area contributed by atoms with Gasteiger partial charge in [0.2, 0.25) is 0 Å². The van der Waals surface area contributed by atoms with E-state index in [1.54, 1.807) is 25.3 Å². The number of methoxy groups -OCH3 is 1. The summed E-state index contributed by atoms with van der Waals surface area (Å²) in [4.78, 5) is 7.90. The maximum Gasteiger partial charge on any atom is 0.175 e. The van der Waals surface area contributed by atoms with Gasteiger partial charge in [0.05, 0.1) is 29.2 Å². The lowest BCUT2D eigenvalue weighted by molar-refractivity contribution is 0.282. The van der Waals surface area contributed by atoms with E-state index in [1.807, 2.05) is 36.4 Å². The number of halogens is 3. The first kappa shape index (κ1) is 22.0. The van der Waals surface area contributed by atoms with Gasteiger partial charge in [-0.05, 0) is 57.9 Å². The molecule has 5 nitrogen and oxygen atoms in total. The van der Waals surface area contributed by atoms with Crippen LogP contribution < -0.4 is 14.8 Å². The molecular formula is C23H20BrCl2N3O2. The van der Waals surface area contributed by atoms with E-state index in [9.17, 15) is 0 Å². The van der Waals surface area contributed by atoms with Crippen molar-refractivity contribution in [1.82, 2.24) is 15.3 Å². The number of aromatic amines is 1. The molecule has 0 saturated carbocycles. The van der Waals surface area contributed by atoms with Crippen molar-refractivity contribution in [3.05, 3.63) is 86.1 Å². The number of aromatic nitrogens is 2. The second-order valence-corrected chi connectivity index (χ2v) is 8.57. The molecule has 2 N–H and O–H groups in total. The van der Waals surface area contributed by atoms with Crippen LogP contribution in [0.15, 0.2) is 59.1 Å². The van der Waals surface area contributed by atoms with Gasteiger partial charge in [-0.15, -0.1) is 0 Å². The summed E-state index contributed by atoms with van der Waals surface area (Å²) in [6.45, 7) is 1.50. The minimum atomic E-state index is 0.233. The van der Waals surface area contributed by atoms with Gasteiger partial charge < -0.3 is 19.8 Å². The van der Waals surface area contributed by atoms with Crippen molar-refractivity contribution in [3.63, 3.8) is 0 Å². The zero-order valence-corrected chi connectivity index (χ0v) is 19.8. The van der Waals surface area contributed by atoms with E-state index < -0.39 is 0 Å². The number of hydrogen-bond donors (Lipinski definition) is 2. The predicted octanol–water partition coefficient (Wildman–Crippen LogP) is 6.51. The Labute approximate surface area is 198 Å². The Morgan fingerprint density at radius 2 is 1.81 bits per heavy atom. The molecule has 0 aliphatic rings. The molecule has 0 amide bonds. The number of fused-ring (bicyclic) bond motifs is 1. The normalized spacial score (nSPS) is 11.1. The van der Waals surface area contributed by atoms with Gasteiger partial charge in [-0.2, -0.15) is 0 Å². The van der Waals surface area contributed by atoms with Crippen LogP contribution in [0.5, 0.6) is 11.5 Å². The minimum Gasteiger partial charge on any atom is -0.493 e. The van der Waals surface area contributed by atoms with Gasteiger partial charge in [0.25, 0.3) is 0 Å². The molecule has 0 aliphatic heterocycles. The van der Waals surface area contributed by atoms with Crippen molar-refractivity contribution in [2.75, 3.05) is 7.11 Å². The summed E-state index contributed by atoms with van der Waals surface area (Å²) < 4.78 is 12.3. The van der Waals surface area contributed by atoms with Gasteiger partial charge in [0.15, 0.2) is 11.5 Å². The van der Waals surface area contributed by atoms with Crippen LogP contribution in [0, 0.1) is 0 Å². The molecule has 0 saturated heterocycles. The molecule has 3 aromatic carbocycles. The van der Waals surface area contributed by atoms with Gasteiger partial charge in [0, 0.05) is 22.2 Å². The third-order valence-corrected chi connectivity index (χ3v) is 6.07. The SMILES string of the molecule is COc1cc(CNCc2nc3ccccc3[nH]2)cc(Br)c1OCc1c(Cl)cccc1Cl. The molecule has 1 aromatic heterocycles. The van der Waals surface area contributed by atoms with Crippen LogP contribution in [-0.2, 0) is 19.7 Å². The topological polar surface area (TPSA) is 59.2 Å². The smallest absolute Gasteiger partial charge is 0.175 e. The Balaban J connectivity index is 1.43. The van der Waals surface area contributed by atoms with Crippen molar-refractivity contribution in [1.29, 1.82) is 0 Å². The molecule has 0 aliphatic carbocycles. The molecule has 31 heavy (non-hydrogen) atoms. The van der Waals surface area contributed by atoms with Crippen LogP contribution in [0.4, 0.5) is 0 Å². The molecule has 1 heterocycles. The van der Waals surface area contributed by atoms with Gasteiger partial charge in [-0.25, -0.2) is 4.98 Å². The first-order chi connectivity index (χ1) is 15.0. The number of hydrogen-bond acceptors (Lipinski definition) is 4. The highest BCUT2D eigenvalue weighted by Crippen LogP contribution is 2.38. The Bertz CT molecular complexity index is 1160. The standard InChI is InChI=1S/C23H20BrCl2N3O2/c1-30-21-10-14(11-27-12-22-28-19-7-2-3-8-20(19)29-22)9-16(24)23(21)31-13-15-17(25)5-4-6-18(15)26/h2-10,27H,11-13H2,1H3,(H,28,29). The zero-order valence-electron chi connectivity index (χ0n) is 16.7. The predicted molar refractivity (Wildman–Crippen MR) is 128 cm³/mol. The monoisotopic (exact) mass is 519 g/mol. The first-order valence-electron chi connectivity index (χ1n) is 9.61. The number of ether oxygens (including phenoxy) is 2. The maximum atomic E-state index is 6.24. The fourth-order valence-corrected chi connectivity index (χ4v) is 4.35. The van der Waals surface area contributed by atoms with Crippen molar-refractivity contribution in [2.24, 2.45) is 0 Å². The van der Waals surface area contributed by atoms with E-state index in [0.29, 0.717) is 34.6 Å². The lowest BCUT2D eigenvalue weighted by Gasteiger charge is -2.16. The van der Waals surface area contributed by atoms with E-state index in [4.69, 9.17) is 32.7 Å². The highest BCUT2D eigenvalue weighted by Gasteiger charge is 2.14. The average Bonchev–Trinajstić information content (AvgIpc) is 3.17. The van der Waals surface area contributed by atoms with Crippen LogP contribution in [0.25, 0.3) is 11.0 Å². The molecule has 0 radical (unpaired) electrons. The van der Waals surface area contributed by atoms with E-state index in [-0.39, 0.29) is 6.61 Å². The van der Waals surface area contributed by atoms with E-state index in [1.165, 1.54) is 0 Å². The lowest BCUT2D eigenvalue weighted by Crippen LogP contribution is -2.14. The summed E-state index contributed by atoms with van der Waals surface area (Å²) in [7, 11) is 1.61. The Morgan fingerprint density at radius 3 is 2.55 bits per heavy atom. The molecule has 4 rings (SSSR count). The summed E-state index contributed by atoms with van der Waals surface area (Å²) >= 11 is 16.1. The number of para-hydroxylation sites is 2. The van der Waals surface area contributed by atoms with Crippen LogP contribution in [0.2, 0.25) is 10.0 Å². The molecule has 0 fully saturated rings. The molecule has 160 valence electrons. The molecule has 0 spiro atoms. The Kier molecular flexibility index (Phi) is 7.02. The van der Waals surface area contributed by atoms with Crippen molar-refractivity contribution in [3.8, 4) is 11.5 Å². The van der Waals surface area contributed by atoms with E-state index in [0.717, 1.165) is 32.5 Å². The number of rotatable bonds is 8. The zero-order chi connectivity index (χ0) is 21.8. The van der Waals surface area contributed by atoms with Crippen molar-refractivity contribution < 1.29 is 9.47 Å². The third kappa shape index (κ3) is 5.15. The van der Waals surface area contributed by atoms with E-state index in [2.05, 4.69) is 31.2 Å². The number of benzene rings is 3. The number of H-pyrrole nitrogens is 1. The number of nitrogens with one attached hydrogen (secondary N) is 2. The van der Waals surface area contributed by atoms with Crippen molar-refractivity contribution in [2.45, 2.75) is 19.7 Å². The van der Waals surface area contributed by atoms with Gasteiger partial charge in [0.1, 0.15) is 12.4 Å². The van der Waals surface area contributed by atoms with E-state index >= 15 is 0 Å². The third-order valence-electron chi connectivity index (χ3n) is 4.77. The Hall–Kier alpha value is -2.25. The summed E-state index contributed by atoms with van der Waals surface area (Å²) in [5, 5.41) is 4.53. The fourth-order valence-electron chi connectivity index (χ4n) is 3.24. The second kappa shape index (κ2) is 9.92. The molecule has 0 atom stereocenters. The highest BCUT2D eigenvalue weighted by atomic mass is 79.9. The molecule has 8 heteroatoms. The second-order valence-electron chi connectivity index (χ2n) is 6.90. The fraction of sp³-hybridized carbons (Fsp3) is 0.174. The quantitative estimate of drug-likeness (QED) is 0.278. The summed E-state index contributed by atoms with van der Waals surface area (Å²) in [5.74, 6) is 2.11. The van der Waals surface area contributed by atoms with Crippen LogP contribution in [-0.4, -0.2) is 17.1 Å². The minimum absolute atomic E-state index is 0.233. The molecular weight excluding hydrogens is 501 g/mol. The highest BCUT2D eigenvalue weighted by molar-refractivity contribution is 9.10. The van der Waals surface area contributed by atoms with Gasteiger partial charge in [-0.1, -0.05) is 41.4 Å². The average molecular weight is 521 g/mol.